The summed E-state index contributed by atoms with van der Waals surface area (Å²) >= 11 is 0. The summed E-state index contributed by atoms with van der Waals surface area (Å²) in [4.78, 5) is 0.358. The summed E-state index contributed by atoms with van der Waals surface area (Å²) in [6.45, 7) is 3.02. The van der Waals surface area contributed by atoms with Gasteiger partial charge in [-0.2, -0.15) is 4.31 Å². The standard InChI is InChI=1S/C13H18N2O2S/c1-11-4-3-9-15(10-11)18(16,17)13-7-5-12(14-2)6-8-13/h4-8,14H,3,9-10H2,1-2H3. The Labute approximate surface area is 108 Å². The Hall–Kier alpha value is -1.33. The largest absolute Gasteiger partial charge is 0.388 e. The van der Waals surface area contributed by atoms with Crippen LogP contribution < -0.4 is 5.32 Å². The van der Waals surface area contributed by atoms with Gasteiger partial charge in [0.2, 0.25) is 10.0 Å². The van der Waals surface area contributed by atoms with E-state index in [1.165, 1.54) is 4.31 Å². The summed E-state index contributed by atoms with van der Waals surface area (Å²) in [6, 6.07) is 6.85. The third kappa shape index (κ3) is 2.57. The molecule has 0 spiro atoms. The highest BCUT2D eigenvalue weighted by Gasteiger charge is 2.25. The van der Waals surface area contributed by atoms with Gasteiger partial charge in [0.05, 0.1) is 4.90 Å². The smallest absolute Gasteiger partial charge is 0.243 e. The fourth-order valence-electron chi connectivity index (χ4n) is 2.02. The van der Waals surface area contributed by atoms with Crippen molar-refractivity contribution in [3.8, 4) is 0 Å². The van der Waals surface area contributed by atoms with Gasteiger partial charge in [-0.25, -0.2) is 8.42 Å². The van der Waals surface area contributed by atoms with E-state index in [4.69, 9.17) is 0 Å². The average Bonchev–Trinajstić information content (AvgIpc) is 2.39. The molecule has 5 heteroatoms. The molecule has 1 heterocycles. The van der Waals surface area contributed by atoms with Crippen LogP contribution in [0.2, 0.25) is 0 Å². The van der Waals surface area contributed by atoms with Crippen molar-refractivity contribution >= 4 is 15.7 Å². The first kappa shape index (κ1) is 13.1. The molecule has 1 N–H and O–H groups in total. The van der Waals surface area contributed by atoms with Crippen LogP contribution in [-0.4, -0.2) is 32.9 Å². The molecule has 0 atom stereocenters. The molecule has 0 fully saturated rings. The Morgan fingerprint density at radius 2 is 1.89 bits per heavy atom. The summed E-state index contributed by atoms with van der Waals surface area (Å²) in [5.41, 5.74) is 2.01. The van der Waals surface area contributed by atoms with Crippen molar-refractivity contribution in [1.82, 2.24) is 4.31 Å². The van der Waals surface area contributed by atoms with E-state index >= 15 is 0 Å². The first-order valence-corrected chi connectivity index (χ1v) is 7.41. The fraction of sp³-hybridized carbons (Fsp3) is 0.385. The van der Waals surface area contributed by atoms with Crippen molar-refractivity contribution in [2.45, 2.75) is 18.2 Å². The molecule has 1 aliphatic heterocycles. The normalized spacial score (nSPS) is 17.3. The highest BCUT2D eigenvalue weighted by atomic mass is 32.2. The Kier molecular flexibility index (Phi) is 3.73. The summed E-state index contributed by atoms with van der Waals surface area (Å²) in [5, 5.41) is 2.97. The lowest BCUT2D eigenvalue weighted by Gasteiger charge is -2.25. The van der Waals surface area contributed by atoms with E-state index in [-0.39, 0.29) is 0 Å². The zero-order chi connectivity index (χ0) is 13.2. The minimum absolute atomic E-state index is 0.358. The Bertz CT molecular complexity index is 547. The number of hydrogen-bond acceptors (Lipinski definition) is 3. The van der Waals surface area contributed by atoms with Gasteiger partial charge in [-0.05, 0) is 37.6 Å². The van der Waals surface area contributed by atoms with E-state index in [2.05, 4.69) is 11.4 Å². The van der Waals surface area contributed by atoms with Crippen molar-refractivity contribution in [3.63, 3.8) is 0 Å². The van der Waals surface area contributed by atoms with Crippen LogP contribution in [0.25, 0.3) is 0 Å². The monoisotopic (exact) mass is 266 g/mol. The van der Waals surface area contributed by atoms with E-state index < -0.39 is 10.0 Å². The molecule has 0 bridgehead atoms. The minimum atomic E-state index is -3.36. The van der Waals surface area contributed by atoms with Crippen LogP contribution in [-0.2, 0) is 10.0 Å². The van der Waals surface area contributed by atoms with Crippen LogP contribution >= 0.6 is 0 Å². The third-order valence-corrected chi connectivity index (χ3v) is 4.94. The van der Waals surface area contributed by atoms with Gasteiger partial charge >= 0.3 is 0 Å². The van der Waals surface area contributed by atoms with E-state index in [0.29, 0.717) is 18.0 Å². The summed E-state index contributed by atoms with van der Waals surface area (Å²) in [6.07, 6.45) is 2.88. The predicted molar refractivity (Wildman–Crippen MR) is 73.1 cm³/mol. The van der Waals surface area contributed by atoms with Crippen molar-refractivity contribution in [3.05, 3.63) is 35.9 Å². The molecule has 0 saturated heterocycles. The van der Waals surface area contributed by atoms with Crippen LogP contribution in [0.3, 0.4) is 0 Å². The maximum atomic E-state index is 12.4. The molecule has 0 aliphatic carbocycles. The Morgan fingerprint density at radius 3 is 2.44 bits per heavy atom. The number of nitrogens with one attached hydrogen (secondary N) is 1. The van der Waals surface area contributed by atoms with Crippen LogP contribution in [0.15, 0.2) is 40.8 Å². The SMILES string of the molecule is CNc1ccc(S(=O)(=O)N2CCC=C(C)C2)cc1. The van der Waals surface area contributed by atoms with Crippen molar-refractivity contribution in [2.24, 2.45) is 0 Å². The summed E-state index contributed by atoms with van der Waals surface area (Å²) in [5.74, 6) is 0. The second-order valence-corrected chi connectivity index (χ2v) is 6.39. The molecule has 4 nitrogen and oxygen atoms in total. The second kappa shape index (κ2) is 5.12. The van der Waals surface area contributed by atoms with Crippen molar-refractivity contribution < 1.29 is 8.42 Å². The lowest BCUT2D eigenvalue weighted by molar-refractivity contribution is 0.428. The van der Waals surface area contributed by atoms with E-state index in [1.807, 2.05) is 14.0 Å². The van der Waals surface area contributed by atoms with E-state index in [9.17, 15) is 8.42 Å². The highest BCUT2D eigenvalue weighted by Crippen LogP contribution is 2.21. The highest BCUT2D eigenvalue weighted by molar-refractivity contribution is 7.89. The number of hydrogen-bond donors (Lipinski definition) is 1. The van der Waals surface area contributed by atoms with Crippen LogP contribution in [0, 0.1) is 0 Å². The van der Waals surface area contributed by atoms with Gasteiger partial charge in [0.15, 0.2) is 0 Å². The molecule has 0 unspecified atom stereocenters. The molecule has 0 amide bonds. The van der Waals surface area contributed by atoms with Crippen LogP contribution in [0.4, 0.5) is 5.69 Å². The number of sulfonamides is 1. The molecule has 0 radical (unpaired) electrons. The first-order valence-electron chi connectivity index (χ1n) is 5.97. The topological polar surface area (TPSA) is 49.4 Å². The zero-order valence-electron chi connectivity index (χ0n) is 10.7. The molecule has 0 aromatic heterocycles. The molecule has 1 aliphatic rings. The number of benzene rings is 1. The maximum absolute atomic E-state index is 12.4. The lowest BCUT2D eigenvalue weighted by atomic mass is 10.2. The van der Waals surface area contributed by atoms with Gasteiger partial charge in [-0.3, -0.25) is 0 Å². The molecular weight excluding hydrogens is 248 g/mol. The third-order valence-electron chi connectivity index (χ3n) is 3.08. The molecule has 1 aromatic carbocycles. The van der Waals surface area contributed by atoms with Crippen LogP contribution in [0.5, 0.6) is 0 Å². The number of rotatable bonds is 3. The van der Waals surface area contributed by atoms with Gasteiger partial charge in [-0.15, -0.1) is 0 Å². The molecule has 98 valence electrons. The predicted octanol–water partition coefficient (Wildman–Crippen LogP) is 2.07. The van der Waals surface area contributed by atoms with Gasteiger partial charge in [0.25, 0.3) is 0 Å². The van der Waals surface area contributed by atoms with Gasteiger partial charge in [0, 0.05) is 25.8 Å². The Morgan fingerprint density at radius 1 is 1.22 bits per heavy atom. The quantitative estimate of drug-likeness (QED) is 0.852. The average molecular weight is 266 g/mol. The lowest BCUT2D eigenvalue weighted by Crippen LogP contribution is -2.35. The zero-order valence-corrected chi connectivity index (χ0v) is 11.5. The molecule has 1 aromatic rings. The number of anilines is 1. The second-order valence-electron chi connectivity index (χ2n) is 4.45. The Balaban J connectivity index is 2.27. The molecular formula is C13H18N2O2S. The minimum Gasteiger partial charge on any atom is -0.388 e. The van der Waals surface area contributed by atoms with E-state index in [1.54, 1.807) is 24.3 Å². The maximum Gasteiger partial charge on any atom is 0.243 e. The van der Waals surface area contributed by atoms with Crippen molar-refractivity contribution in [2.75, 3.05) is 25.5 Å². The fourth-order valence-corrected chi connectivity index (χ4v) is 3.52. The summed E-state index contributed by atoms with van der Waals surface area (Å²) in [7, 11) is -1.55. The van der Waals surface area contributed by atoms with Crippen LogP contribution in [0.1, 0.15) is 13.3 Å². The molecule has 0 saturated carbocycles. The van der Waals surface area contributed by atoms with Crippen molar-refractivity contribution in [1.29, 1.82) is 0 Å². The first-order chi connectivity index (χ1) is 8.54. The van der Waals surface area contributed by atoms with Gasteiger partial charge < -0.3 is 5.32 Å². The molecule has 18 heavy (non-hydrogen) atoms. The molecule has 2 rings (SSSR count). The van der Waals surface area contributed by atoms with E-state index in [0.717, 1.165) is 17.7 Å². The van der Waals surface area contributed by atoms with Gasteiger partial charge in [0.1, 0.15) is 0 Å². The number of nitrogens with zero attached hydrogens (tertiary/aromatic N) is 1. The van der Waals surface area contributed by atoms with Gasteiger partial charge in [-0.1, -0.05) is 11.6 Å². The summed E-state index contributed by atoms with van der Waals surface area (Å²) < 4.78 is 26.4.